The van der Waals surface area contributed by atoms with Gasteiger partial charge in [-0.2, -0.15) is 5.26 Å². The van der Waals surface area contributed by atoms with Gasteiger partial charge in [-0.25, -0.2) is 0 Å². The number of aliphatic hydroxyl groups is 2. The van der Waals surface area contributed by atoms with E-state index >= 15 is 0 Å². The zero-order valence-electron chi connectivity index (χ0n) is 11.1. The molecule has 3 unspecified atom stereocenters. The topological polar surface area (TPSA) is 93.8 Å². The number of nitrogens with zero attached hydrogens (tertiary/aromatic N) is 2. The van der Waals surface area contributed by atoms with Crippen LogP contribution in [0, 0.1) is 11.3 Å². The lowest BCUT2D eigenvalue weighted by Gasteiger charge is -2.21. The minimum Gasteiger partial charge on any atom is -0.481 e. The smallest absolute Gasteiger partial charge is 0.263 e. The molecule has 0 radical (unpaired) electrons. The number of carbonyl (C=O) groups is 1. The number of benzene rings is 1. The maximum absolute atomic E-state index is 12.1. The molecular weight excluding hydrogens is 260 g/mol. The molecule has 1 aromatic rings. The number of amides is 1. The van der Waals surface area contributed by atoms with Gasteiger partial charge in [-0.3, -0.25) is 4.79 Å². The SMILES string of the molecule is CC(Oc1ccc(C#N)cc1)C(=O)N1CC(O)C(O)C1. The summed E-state index contributed by atoms with van der Waals surface area (Å²) >= 11 is 0. The first kappa shape index (κ1) is 14.3. The molecule has 2 N–H and O–H groups in total. The Balaban J connectivity index is 1.95. The molecule has 1 aliphatic heterocycles. The fourth-order valence-corrected chi connectivity index (χ4v) is 2.07. The standard InChI is InChI=1S/C14H16N2O4/c1-9(14(19)16-7-12(17)13(18)8-16)20-11-4-2-10(6-15)3-5-11/h2-5,9,12-13,17-18H,7-8H2,1H3. The highest BCUT2D eigenvalue weighted by molar-refractivity contribution is 5.81. The van der Waals surface area contributed by atoms with Gasteiger partial charge < -0.3 is 19.8 Å². The highest BCUT2D eigenvalue weighted by Crippen LogP contribution is 2.16. The van der Waals surface area contributed by atoms with E-state index in [0.717, 1.165) is 0 Å². The molecule has 1 aromatic carbocycles. The van der Waals surface area contributed by atoms with Gasteiger partial charge in [0, 0.05) is 13.1 Å². The number of rotatable bonds is 3. The van der Waals surface area contributed by atoms with Crippen LogP contribution in [0.2, 0.25) is 0 Å². The van der Waals surface area contributed by atoms with Crippen molar-refractivity contribution in [3.8, 4) is 11.8 Å². The van der Waals surface area contributed by atoms with E-state index in [1.807, 2.05) is 6.07 Å². The molecule has 0 saturated carbocycles. The third kappa shape index (κ3) is 3.07. The van der Waals surface area contributed by atoms with Crippen LogP contribution in [0.25, 0.3) is 0 Å². The summed E-state index contributed by atoms with van der Waals surface area (Å²) in [4.78, 5) is 13.5. The summed E-state index contributed by atoms with van der Waals surface area (Å²) in [5, 5.41) is 27.6. The minimum atomic E-state index is -0.902. The quantitative estimate of drug-likeness (QED) is 0.803. The van der Waals surface area contributed by atoms with Crippen LogP contribution in [0.4, 0.5) is 0 Å². The summed E-state index contributed by atoms with van der Waals surface area (Å²) < 4.78 is 5.49. The molecule has 3 atom stereocenters. The average Bonchev–Trinajstić information content (AvgIpc) is 2.78. The van der Waals surface area contributed by atoms with Crippen molar-refractivity contribution in [1.82, 2.24) is 4.90 Å². The molecule has 6 heteroatoms. The van der Waals surface area contributed by atoms with Gasteiger partial charge >= 0.3 is 0 Å². The van der Waals surface area contributed by atoms with Gasteiger partial charge in [-0.1, -0.05) is 0 Å². The first-order chi connectivity index (χ1) is 9.51. The highest BCUT2D eigenvalue weighted by Gasteiger charge is 2.34. The van der Waals surface area contributed by atoms with Gasteiger partial charge in [0.25, 0.3) is 5.91 Å². The molecular formula is C14H16N2O4. The molecule has 0 spiro atoms. The van der Waals surface area contributed by atoms with Gasteiger partial charge in [0.1, 0.15) is 5.75 Å². The van der Waals surface area contributed by atoms with Gasteiger partial charge in [-0.15, -0.1) is 0 Å². The second kappa shape index (κ2) is 5.90. The highest BCUT2D eigenvalue weighted by atomic mass is 16.5. The molecule has 1 aliphatic rings. The Hall–Kier alpha value is -2.10. The summed E-state index contributed by atoms with van der Waals surface area (Å²) in [7, 11) is 0. The lowest BCUT2D eigenvalue weighted by atomic mass is 10.2. The van der Waals surface area contributed by atoms with Crippen molar-refractivity contribution in [2.24, 2.45) is 0 Å². The second-order valence-corrected chi connectivity index (χ2v) is 4.77. The fraction of sp³-hybridized carbons (Fsp3) is 0.429. The summed E-state index contributed by atoms with van der Waals surface area (Å²) in [5.74, 6) is 0.204. The van der Waals surface area contributed by atoms with Crippen LogP contribution in [0.3, 0.4) is 0 Å². The first-order valence-corrected chi connectivity index (χ1v) is 6.33. The molecule has 20 heavy (non-hydrogen) atoms. The lowest BCUT2D eigenvalue weighted by molar-refractivity contribution is -0.137. The van der Waals surface area contributed by atoms with Crippen LogP contribution in [0.15, 0.2) is 24.3 Å². The third-order valence-electron chi connectivity index (χ3n) is 3.21. The molecule has 106 valence electrons. The molecule has 1 heterocycles. The monoisotopic (exact) mass is 276 g/mol. The molecule has 0 aliphatic carbocycles. The van der Waals surface area contributed by atoms with Crippen molar-refractivity contribution < 1.29 is 19.7 Å². The summed E-state index contributed by atoms with van der Waals surface area (Å²) in [5.41, 5.74) is 0.516. The Morgan fingerprint density at radius 2 is 1.90 bits per heavy atom. The maximum atomic E-state index is 12.1. The Morgan fingerprint density at radius 1 is 1.35 bits per heavy atom. The normalized spacial score (nSPS) is 23.2. The molecule has 1 fully saturated rings. The third-order valence-corrected chi connectivity index (χ3v) is 3.21. The van der Waals surface area contributed by atoms with E-state index in [2.05, 4.69) is 0 Å². The molecule has 0 aromatic heterocycles. The number of aliphatic hydroxyl groups excluding tert-OH is 2. The van der Waals surface area contributed by atoms with Gasteiger partial charge in [-0.05, 0) is 31.2 Å². The molecule has 0 bridgehead atoms. The first-order valence-electron chi connectivity index (χ1n) is 6.33. The molecule has 1 saturated heterocycles. The van der Waals surface area contributed by atoms with Crippen molar-refractivity contribution in [1.29, 1.82) is 5.26 Å². The van der Waals surface area contributed by atoms with E-state index < -0.39 is 18.3 Å². The van der Waals surface area contributed by atoms with Gasteiger partial charge in [0.2, 0.25) is 0 Å². The maximum Gasteiger partial charge on any atom is 0.263 e. The van der Waals surface area contributed by atoms with E-state index in [-0.39, 0.29) is 19.0 Å². The summed E-state index contributed by atoms with van der Waals surface area (Å²) in [6.07, 6.45) is -2.53. The molecule has 1 amide bonds. The van der Waals surface area contributed by atoms with Crippen LogP contribution in [0.5, 0.6) is 5.75 Å². The Kier molecular flexibility index (Phi) is 4.23. The zero-order chi connectivity index (χ0) is 14.7. The average molecular weight is 276 g/mol. The summed E-state index contributed by atoms with van der Waals surface area (Å²) in [6, 6.07) is 8.45. The number of ether oxygens (including phenoxy) is 1. The number of β-amino-alcohol motifs (C(OH)–C–C–N with tert-alkyl or cyclic N) is 2. The van der Waals surface area contributed by atoms with Crippen molar-refractivity contribution >= 4 is 5.91 Å². The number of likely N-dealkylation sites (tertiary alicyclic amines) is 1. The minimum absolute atomic E-state index is 0.112. The number of carbonyl (C=O) groups excluding carboxylic acids is 1. The van der Waals surface area contributed by atoms with Crippen molar-refractivity contribution in [2.75, 3.05) is 13.1 Å². The zero-order valence-corrected chi connectivity index (χ0v) is 11.1. The van der Waals surface area contributed by atoms with Crippen LogP contribution in [-0.2, 0) is 4.79 Å². The van der Waals surface area contributed by atoms with Crippen LogP contribution in [0.1, 0.15) is 12.5 Å². The van der Waals surface area contributed by atoms with Crippen molar-refractivity contribution in [3.63, 3.8) is 0 Å². The van der Waals surface area contributed by atoms with Crippen LogP contribution < -0.4 is 4.74 Å². The number of hydrogen-bond acceptors (Lipinski definition) is 5. The van der Waals surface area contributed by atoms with E-state index in [1.165, 1.54) is 4.90 Å². The Labute approximate surface area is 116 Å². The van der Waals surface area contributed by atoms with Gasteiger partial charge in [0.05, 0.1) is 23.8 Å². The van der Waals surface area contributed by atoms with E-state index in [1.54, 1.807) is 31.2 Å². The Bertz CT molecular complexity index is 513. The largest absolute Gasteiger partial charge is 0.481 e. The van der Waals surface area contributed by atoms with E-state index in [0.29, 0.717) is 11.3 Å². The molecule has 6 nitrogen and oxygen atoms in total. The van der Waals surface area contributed by atoms with Crippen LogP contribution in [-0.4, -0.2) is 52.4 Å². The van der Waals surface area contributed by atoms with Crippen molar-refractivity contribution in [3.05, 3.63) is 29.8 Å². The van der Waals surface area contributed by atoms with E-state index in [4.69, 9.17) is 10.00 Å². The molecule has 2 rings (SSSR count). The van der Waals surface area contributed by atoms with Crippen LogP contribution >= 0.6 is 0 Å². The van der Waals surface area contributed by atoms with Gasteiger partial charge in [0.15, 0.2) is 6.10 Å². The second-order valence-electron chi connectivity index (χ2n) is 4.77. The summed E-state index contributed by atoms with van der Waals surface area (Å²) in [6.45, 7) is 1.83. The van der Waals surface area contributed by atoms with Crippen molar-refractivity contribution in [2.45, 2.75) is 25.2 Å². The number of hydrogen-bond donors (Lipinski definition) is 2. The predicted molar refractivity (Wildman–Crippen MR) is 69.8 cm³/mol. The number of nitriles is 1. The Morgan fingerprint density at radius 3 is 2.40 bits per heavy atom. The fourth-order valence-electron chi connectivity index (χ4n) is 2.07. The predicted octanol–water partition coefficient (Wildman–Crippen LogP) is -0.110. The lowest BCUT2D eigenvalue weighted by Crippen LogP contribution is -2.39. The van der Waals surface area contributed by atoms with E-state index in [9.17, 15) is 15.0 Å².